The van der Waals surface area contributed by atoms with Crippen LogP contribution in [-0.2, 0) is 9.53 Å². The zero-order valence-corrected chi connectivity index (χ0v) is 16.1. The minimum atomic E-state index is -4.54. The topological polar surface area (TPSA) is 64.6 Å². The number of nitrogens with one attached hydrogen (secondary N) is 1. The van der Waals surface area contributed by atoms with Gasteiger partial charge in [0.25, 0.3) is 0 Å². The van der Waals surface area contributed by atoms with Crippen LogP contribution < -0.4 is 10.1 Å². The number of halogens is 4. The maximum atomic E-state index is 13.1. The molecule has 1 saturated heterocycles. The fourth-order valence-corrected chi connectivity index (χ4v) is 2.40. The van der Waals surface area contributed by atoms with Gasteiger partial charge in [0.2, 0.25) is 0 Å². The van der Waals surface area contributed by atoms with Crippen molar-refractivity contribution in [1.29, 1.82) is 0 Å². The van der Waals surface area contributed by atoms with Gasteiger partial charge in [-0.3, -0.25) is 9.59 Å². The van der Waals surface area contributed by atoms with Crippen molar-refractivity contribution < 1.29 is 36.6 Å². The molecular formula is C19H25F4NO4. The highest BCUT2D eigenvalue weighted by Crippen LogP contribution is 2.22. The largest absolute Gasteiger partial charge is 0.481 e. The van der Waals surface area contributed by atoms with E-state index in [1.54, 1.807) is 0 Å². The molecule has 28 heavy (non-hydrogen) atoms. The van der Waals surface area contributed by atoms with Crippen LogP contribution in [-0.4, -0.2) is 43.7 Å². The van der Waals surface area contributed by atoms with Crippen molar-refractivity contribution in [1.82, 2.24) is 5.32 Å². The molecule has 1 atom stereocenters. The molecule has 2 rings (SSSR count). The summed E-state index contributed by atoms with van der Waals surface area (Å²) in [5.74, 6) is -1.26. The molecule has 1 aromatic carbocycles. The number of benzene rings is 1. The molecule has 0 amide bonds. The molecule has 1 N–H and O–H groups in total. The number of esters is 1. The first-order valence-corrected chi connectivity index (χ1v) is 8.77. The zero-order valence-electron chi connectivity index (χ0n) is 16.1. The molecule has 0 bridgehead atoms. The molecule has 1 fully saturated rings. The van der Waals surface area contributed by atoms with Crippen LogP contribution >= 0.6 is 0 Å². The summed E-state index contributed by atoms with van der Waals surface area (Å²) in [6.07, 6.45) is -2.68. The minimum absolute atomic E-state index is 0.0683. The van der Waals surface area contributed by atoms with Gasteiger partial charge in [0.15, 0.2) is 24.5 Å². The molecule has 158 valence electrons. The van der Waals surface area contributed by atoms with Gasteiger partial charge in [0.05, 0.1) is 5.56 Å². The number of aldehydes is 1. The van der Waals surface area contributed by atoms with Crippen molar-refractivity contribution in [2.24, 2.45) is 5.92 Å². The van der Waals surface area contributed by atoms with Crippen molar-refractivity contribution in [2.75, 3.05) is 19.7 Å². The predicted molar refractivity (Wildman–Crippen MR) is 94.8 cm³/mol. The van der Waals surface area contributed by atoms with E-state index in [1.165, 1.54) is 6.07 Å². The van der Waals surface area contributed by atoms with Crippen molar-refractivity contribution in [3.05, 3.63) is 29.6 Å². The molecule has 1 heterocycles. The standard InChI is InChI=1S/C10H19NO2.C9H6F4O2/c1-10(2,3)13-9(12)6-8-4-5-11-7-8;10-8-6(4-14)2-1-3-7(8)15-5-9(11,12)13/h8,11H,4-7H2,1-3H3;1-4H,5H2/t8-;/m1./s1. The number of carbonyl (C=O) groups is 2. The first-order valence-electron chi connectivity index (χ1n) is 8.77. The monoisotopic (exact) mass is 407 g/mol. The van der Waals surface area contributed by atoms with Crippen LogP contribution in [0, 0.1) is 11.7 Å². The van der Waals surface area contributed by atoms with E-state index in [0.29, 0.717) is 12.3 Å². The molecule has 1 aliphatic rings. The van der Waals surface area contributed by atoms with Crippen LogP contribution in [0.1, 0.15) is 44.0 Å². The third-order valence-electron chi connectivity index (χ3n) is 3.55. The second kappa shape index (κ2) is 10.4. The smallest absolute Gasteiger partial charge is 0.422 e. The van der Waals surface area contributed by atoms with Gasteiger partial charge in [-0.2, -0.15) is 13.2 Å². The van der Waals surface area contributed by atoms with E-state index in [0.717, 1.165) is 31.6 Å². The van der Waals surface area contributed by atoms with E-state index in [4.69, 9.17) is 4.74 Å². The van der Waals surface area contributed by atoms with E-state index in [-0.39, 0.29) is 23.4 Å². The second-order valence-corrected chi connectivity index (χ2v) is 7.33. The fraction of sp³-hybridized carbons (Fsp3) is 0.579. The normalized spacial score (nSPS) is 16.8. The summed E-state index contributed by atoms with van der Waals surface area (Å²) in [5.41, 5.74) is -0.682. The van der Waals surface area contributed by atoms with Crippen LogP contribution in [0.3, 0.4) is 0 Å². The molecule has 9 heteroatoms. The van der Waals surface area contributed by atoms with Crippen LogP contribution in [0.2, 0.25) is 0 Å². The Morgan fingerprint density at radius 2 is 1.96 bits per heavy atom. The van der Waals surface area contributed by atoms with Crippen LogP contribution in [0.5, 0.6) is 5.75 Å². The molecule has 5 nitrogen and oxygen atoms in total. The van der Waals surface area contributed by atoms with Gasteiger partial charge in [-0.05, 0) is 58.3 Å². The number of hydrogen-bond acceptors (Lipinski definition) is 5. The average molecular weight is 407 g/mol. The Balaban J connectivity index is 0.000000283. The van der Waals surface area contributed by atoms with Gasteiger partial charge in [0, 0.05) is 6.42 Å². The lowest BCUT2D eigenvalue weighted by molar-refractivity contribution is -0.156. The van der Waals surface area contributed by atoms with Gasteiger partial charge >= 0.3 is 12.1 Å². The van der Waals surface area contributed by atoms with Gasteiger partial charge in [-0.25, -0.2) is 4.39 Å². The van der Waals surface area contributed by atoms with Crippen molar-refractivity contribution in [2.45, 2.75) is 45.4 Å². The highest BCUT2D eigenvalue weighted by Gasteiger charge is 2.29. The lowest BCUT2D eigenvalue weighted by Gasteiger charge is -2.20. The predicted octanol–water partition coefficient (Wildman–Crippen LogP) is 3.91. The molecule has 0 aliphatic carbocycles. The fourth-order valence-electron chi connectivity index (χ4n) is 2.40. The van der Waals surface area contributed by atoms with E-state index in [2.05, 4.69) is 10.1 Å². The molecule has 1 aliphatic heterocycles. The average Bonchev–Trinajstić information content (AvgIpc) is 3.04. The van der Waals surface area contributed by atoms with E-state index < -0.39 is 24.3 Å². The van der Waals surface area contributed by atoms with Crippen LogP contribution in [0.15, 0.2) is 18.2 Å². The minimum Gasteiger partial charge on any atom is -0.481 e. The van der Waals surface area contributed by atoms with Crippen LogP contribution in [0.25, 0.3) is 0 Å². The Hall–Kier alpha value is -2.16. The summed E-state index contributed by atoms with van der Waals surface area (Å²) in [4.78, 5) is 21.6. The molecular weight excluding hydrogens is 382 g/mol. The lowest BCUT2D eigenvalue weighted by atomic mass is 10.1. The molecule has 0 radical (unpaired) electrons. The third-order valence-corrected chi connectivity index (χ3v) is 3.55. The van der Waals surface area contributed by atoms with Crippen molar-refractivity contribution in [3.63, 3.8) is 0 Å². The van der Waals surface area contributed by atoms with Gasteiger partial charge < -0.3 is 14.8 Å². The number of hydrogen-bond donors (Lipinski definition) is 1. The summed E-state index contributed by atoms with van der Waals surface area (Å²) >= 11 is 0. The summed E-state index contributed by atoms with van der Waals surface area (Å²) in [5, 5.41) is 3.23. The second-order valence-electron chi connectivity index (χ2n) is 7.33. The van der Waals surface area contributed by atoms with Gasteiger partial charge in [-0.1, -0.05) is 6.07 Å². The first kappa shape index (κ1) is 23.9. The maximum absolute atomic E-state index is 13.1. The Bertz CT molecular complexity index is 650. The molecule has 0 spiro atoms. The number of alkyl halides is 3. The number of rotatable bonds is 5. The Morgan fingerprint density at radius 1 is 1.29 bits per heavy atom. The van der Waals surface area contributed by atoms with E-state index in [9.17, 15) is 27.2 Å². The van der Waals surface area contributed by atoms with E-state index in [1.807, 2.05) is 20.8 Å². The molecule has 0 unspecified atom stereocenters. The SMILES string of the molecule is CC(C)(C)OC(=O)C[C@H]1CCNC1.O=Cc1cccc(OCC(F)(F)F)c1F. The zero-order chi connectivity index (χ0) is 21.4. The summed E-state index contributed by atoms with van der Waals surface area (Å²) in [7, 11) is 0. The Morgan fingerprint density at radius 3 is 2.46 bits per heavy atom. The van der Waals surface area contributed by atoms with Crippen LogP contribution in [0.4, 0.5) is 17.6 Å². The van der Waals surface area contributed by atoms with E-state index >= 15 is 0 Å². The third kappa shape index (κ3) is 9.68. The lowest BCUT2D eigenvalue weighted by Crippen LogP contribution is -2.25. The first-order chi connectivity index (χ1) is 12.9. The van der Waals surface area contributed by atoms with Crippen molar-refractivity contribution >= 4 is 12.3 Å². The number of ether oxygens (including phenoxy) is 2. The number of carbonyl (C=O) groups excluding carboxylic acids is 2. The summed E-state index contributed by atoms with van der Waals surface area (Å²) in [6.45, 7) is 6.10. The Kier molecular flexibility index (Phi) is 8.87. The summed E-state index contributed by atoms with van der Waals surface area (Å²) in [6, 6.07) is 3.40. The quantitative estimate of drug-likeness (QED) is 0.456. The van der Waals surface area contributed by atoms with Gasteiger partial charge in [0.1, 0.15) is 5.60 Å². The molecule has 0 saturated carbocycles. The highest BCUT2D eigenvalue weighted by atomic mass is 19.4. The summed E-state index contributed by atoms with van der Waals surface area (Å²) < 4.78 is 57.8. The molecule has 1 aromatic rings. The van der Waals surface area contributed by atoms with Crippen molar-refractivity contribution in [3.8, 4) is 5.75 Å². The maximum Gasteiger partial charge on any atom is 0.422 e. The molecule has 0 aromatic heterocycles. The Labute approximate surface area is 161 Å². The van der Waals surface area contributed by atoms with Gasteiger partial charge in [-0.15, -0.1) is 0 Å². The highest BCUT2D eigenvalue weighted by molar-refractivity contribution is 5.76.